The largest absolute Gasteiger partial charge is 0.315 e. The third kappa shape index (κ3) is 4.96. The lowest BCUT2D eigenvalue weighted by Crippen LogP contribution is -2.44. The van der Waals surface area contributed by atoms with E-state index in [4.69, 9.17) is 0 Å². The molecule has 0 aliphatic carbocycles. The smallest absolute Gasteiger partial charge is 0.0117 e. The first-order valence-electron chi connectivity index (χ1n) is 6.33. The summed E-state index contributed by atoms with van der Waals surface area (Å²) in [4.78, 5) is 4.95. The highest BCUT2D eigenvalue weighted by Gasteiger charge is 2.19. The maximum Gasteiger partial charge on any atom is 0.0117 e. The summed E-state index contributed by atoms with van der Waals surface area (Å²) in [5, 5.41) is 3.46. The van der Waals surface area contributed by atoms with Gasteiger partial charge in [-0.05, 0) is 53.0 Å². The van der Waals surface area contributed by atoms with Crippen LogP contribution in [0.1, 0.15) is 26.2 Å². The molecule has 0 saturated carbocycles. The van der Waals surface area contributed by atoms with Crippen molar-refractivity contribution in [2.75, 3.05) is 46.8 Å². The van der Waals surface area contributed by atoms with Gasteiger partial charge in [0.15, 0.2) is 0 Å². The van der Waals surface area contributed by atoms with Gasteiger partial charge < -0.3 is 15.1 Å². The number of rotatable bonds is 6. The van der Waals surface area contributed by atoms with E-state index >= 15 is 0 Å². The first kappa shape index (κ1) is 12.9. The summed E-state index contributed by atoms with van der Waals surface area (Å²) in [6.45, 7) is 8.22. The molecule has 1 saturated heterocycles. The summed E-state index contributed by atoms with van der Waals surface area (Å²) in [5.74, 6) is 0. The molecule has 1 aliphatic heterocycles. The number of likely N-dealkylation sites (N-methyl/N-ethyl adjacent to an activating group) is 1. The first-order valence-corrected chi connectivity index (χ1v) is 6.33. The number of nitrogens with zero attached hydrogens (tertiary/aromatic N) is 2. The maximum absolute atomic E-state index is 3.46. The number of nitrogens with one attached hydrogen (secondary N) is 1. The average molecular weight is 213 g/mol. The standard InChI is InChI=1S/C12H27N3/c1-4-7-13-8-11-15(3)12-5-9-14(2)10-6-12/h12-13H,4-11H2,1-3H3. The lowest BCUT2D eigenvalue weighted by molar-refractivity contribution is 0.145. The number of piperidine rings is 1. The van der Waals surface area contributed by atoms with Crippen LogP contribution < -0.4 is 5.32 Å². The van der Waals surface area contributed by atoms with E-state index in [2.05, 4.69) is 36.1 Å². The van der Waals surface area contributed by atoms with Crippen LogP contribution in [0.15, 0.2) is 0 Å². The molecule has 0 unspecified atom stereocenters. The molecular weight excluding hydrogens is 186 g/mol. The van der Waals surface area contributed by atoms with Gasteiger partial charge in [-0.2, -0.15) is 0 Å². The van der Waals surface area contributed by atoms with Crippen LogP contribution in [0, 0.1) is 0 Å². The Morgan fingerprint density at radius 3 is 2.53 bits per heavy atom. The van der Waals surface area contributed by atoms with Crippen molar-refractivity contribution in [3.8, 4) is 0 Å². The highest BCUT2D eigenvalue weighted by atomic mass is 15.2. The van der Waals surface area contributed by atoms with Crippen molar-refractivity contribution in [3.63, 3.8) is 0 Å². The van der Waals surface area contributed by atoms with Gasteiger partial charge in [0.05, 0.1) is 0 Å². The quantitative estimate of drug-likeness (QED) is 0.664. The normalized spacial score (nSPS) is 20.0. The van der Waals surface area contributed by atoms with Crippen LogP contribution in [-0.2, 0) is 0 Å². The monoisotopic (exact) mass is 213 g/mol. The first-order chi connectivity index (χ1) is 7.24. The molecule has 15 heavy (non-hydrogen) atoms. The van der Waals surface area contributed by atoms with Crippen molar-refractivity contribution in [3.05, 3.63) is 0 Å². The molecular formula is C12H27N3. The van der Waals surface area contributed by atoms with Crippen LogP contribution in [0.25, 0.3) is 0 Å². The second kappa shape index (κ2) is 7.20. The van der Waals surface area contributed by atoms with E-state index in [1.165, 1.54) is 38.9 Å². The van der Waals surface area contributed by atoms with Gasteiger partial charge in [0, 0.05) is 19.1 Å². The topological polar surface area (TPSA) is 18.5 Å². The zero-order valence-electron chi connectivity index (χ0n) is 10.6. The Morgan fingerprint density at radius 2 is 1.93 bits per heavy atom. The van der Waals surface area contributed by atoms with Gasteiger partial charge in [-0.15, -0.1) is 0 Å². The predicted octanol–water partition coefficient (Wildman–Crippen LogP) is 1.01. The Balaban J connectivity index is 2.08. The predicted molar refractivity (Wildman–Crippen MR) is 66.3 cm³/mol. The SMILES string of the molecule is CCCNCCN(C)C1CCN(C)CC1. The Kier molecular flexibility index (Phi) is 6.22. The minimum absolute atomic E-state index is 0.810. The summed E-state index contributed by atoms with van der Waals surface area (Å²) in [5.41, 5.74) is 0. The summed E-state index contributed by atoms with van der Waals surface area (Å²) >= 11 is 0. The molecule has 1 heterocycles. The summed E-state index contributed by atoms with van der Waals surface area (Å²) in [6.07, 6.45) is 3.90. The molecule has 3 heteroatoms. The average Bonchev–Trinajstić information content (AvgIpc) is 2.25. The molecule has 0 aromatic carbocycles. The molecule has 0 spiro atoms. The molecule has 0 atom stereocenters. The Bertz CT molecular complexity index is 153. The molecule has 90 valence electrons. The lowest BCUT2D eigenvalue weighted by Gasteiger charge is -2.35. The fourth-order valence-corrected chi connectivity index (χ4v) is 2.18. The zero-order valence-corrected chi connectivity index (χ0v) is 10.6. The van der Waals surface area contributed by atoms with E-state index in [0.29, 0.717) is 0 Å². The van der Waals surface area contributed by atoms with Crippen molar-refractivity contribution in [2.24, 2.45) is 0 Å². The third-order valence-corrected chi connectivity index (χ3v) is 3.38. The fourth-order valence-electron chi connectivity index (χ4n) is 2.18. The second-order valence-corrected chi connectivity index (χ2v) is 4.77. The van der Waals surface area contributed by atoms with Gasteiger partial charge >= 0.3 is 0 Å². The van der Waals surface area contributed by atoms with Crippen molar-refractivity contribution < 1.29 is 0 Å². The Morgan fingerprint density at radius 1 is 1.27 bits per heavy atom. The maximum atomic E-state index is 3.46. The second-order valence-electron chi connectivity index (χ2n) is 4.77. The molecule has 0 aromatic rings. The Hall–Kier alpha value is -0.120. The van der Waals surface area contributed by atoms with Crippen LogP contribution in [0.2, 0.25) is 0 Å². The molecule has 1 fully saturated rings. The molecule has 0 bridgehead atoms. The highest BCUT2D eigenvalue weighted by Crippen LogP contribution is 2.13. The van der Waals surface area contributed by atoms with E-state index < -0.39 is 0 Å². The van der Waals surface area contributed by atoms with Crippen molar-refractivity contribution >= 4 is 0 Å². The summed E-state index contributed by atoms with van der Waals surface area (Å²) in [6, 6.07) is 0.810. The van der Waals surface area contributed by atoms with Crippen LogP contribution in [0.5, 0.6) is 0 Å². The van der Waals surface area contributed by atoms with E-state index in [9.17, 15) is 0 Å². The van der Waals surface area contributed by atoms with Gasteiger partial charge in [-0.3, -0.25) is 0 Å². The van der Waals surface area contributed by atoms with Gasteiger partial charge in [0.1, 0.15) is 0 Å². The Labute approximate surface area is 94.8 Å². The van der Waals surface area contributed by atoms with Crippen molar-refractivity contribution in [1.82, 2.24) is 15.1 Å². The van der Waals surface area contributed by atoms with Crippen LogP contribution in [0.3, 0.4) is 0 Å². The van der Waals surface area contributed by atoms with Crippen LogP contribution in [-0.4, -0.2) is 62.7 Å². The lowest BCUT2D eigenvalue weighted by atomic mass is 10.0. The van der Waals surface area contributed by atoms with E-state index in [0.717, 1.165) is 19.1 Å². The van der Waals surface area contributed by atoms with Gasteiger partial charge in [-0.25, -0.2) is 0 Å². The molecule has 1 rings (SSSR count). The van der Waals surface area contributed by atoms with E-state index in [1.54, 1.807) is 0 Å². The summed E-state index contributed by atoms with van der Waals surface area (Å²) < 4.78 is 0. The van der Waals surface area contributed by atoms with Crippen molar-refractivity contribution in [1.29, 1.82) is 0 Å². The van der Waals surface area contributed by atoms with E-state index in [1.807, 2.05) is 0 Å². The number of hydrogen-bond acceptors (Lipinski definition) is 3. The van der Waals surface area contributed by atoms with Crippen LogP contribution in [0.4, 0.5) is 0 Å². The van der Waals surface area contributed by atoms with Crippen molar-refractivity contribution in [2.45, 2.75) is 32.2 Å². The minimum Gasteiger partial charge on any atom is -0.315 e. The van der Waals surface area contributed by atoms with E-state index in [-0.39, 0.29) is 0 Å². The van der Waals surface area contributed by atoms with Gasteiger partial charge in [0.2, 0.25) is 0 Å². The highest BCUT2D eigenvalue weighted by molar-refractivity contribution is 4.76. The molecule has 0 aromatic heterocycles. The third-order valence-electron chi connectivity index (χ3n) is 3.38. The minimum atomic E-state index is 0.810. The van der Waals surface area contributed by atoms with Gasteiger partial charge in [0.25, 0.3) is 0 Å². The van der Waals surface area contributed by atoms with Gasteiger partial charge in [-0.1, -0.05) is 6.92 Å². The molecule has 3 nitrogen and oxygen atoms in total. The molecule has 1 N–H and O–H groups in total. The van der Waals surface area contributed by atoms with Crippen LogP contribution >= 0.6 is 0 Å². The molecule has 0 amide bonds. The molecule has 1 aliphatic rings. The fraction of sp³-hybridized carbons (Fsp3) is 1.00. The summed E-state index contributed by atoms with van der Waals surface area (Å²) in [7, 11) is 4.49. The molecule has 0 radical (unpaired) electrons. The zero-order chi connectivity index (χ0) is 11.1. The number of likely N-dealkylation sites (tertiary alicyclic amines) is 1. The number of hydrogen-bond donors (Lipinski definition) is 1.